The van der Waals surface area contributed by atoms with E-state index >= 15 is 0 Å². The van der Waals surface area contributed by atoms with Gasteiger partial charge in [-0.15, -0.1) is 34.9 Å². The number of rotatable bonds is 5. The number of piperidine rings is 1. The van der Waals surface area contributed by atoms with Gasteiger partial charge in [-0.25, -0.2) is 4.98 Å². The second-order valence-corrected chi connectivity index (χ2v) is 10.2. The Bertz CT molecular complexity index is 735. The molecule has 2 aliphatic rings. The number of likely N-dealkylation sites (tertiary alicyclic amines) is 1. The lowest BCUT2D eigenvalue weighted by Crippen LogP contribution is -2.29. The molecule has 0 unspecified atom stereocenters. The van der Waals surface area contributed by atoms with Gasteiger partial charge in [-0.3, -0.25) is 15.0 Å². The predicted molar refractivity (Wildman–Crippen MR) is 113 cm³/mol. The molecule has 1 aromatic heterocycles. The summed E-state index contributed by atoms with van der Waals surface area (Å²) in [5.74, 6) is 2.34. The second kappa shape index (κ2) is 8.78. The number of thioether (sulfide) groups is 2. The van der Waals surface area contributed by atoms with Crippen molar-refractivity contribution in [2.75, 3.05) is 29.9 Å². The number of aromatic nitrogens is 1. The molecule has 0 aliphatic carbocycles. The quantitative estimate of drug-likeness (QED) is 0.770. The van der Waals surface area contributed by atoms with Gasteiger partial charge in [0.05, 0.1) is 10.3 Å². The SMILES string of the molecule is O=C(Nc1nc(CN2CCCCC2)cs1)c1ccc(C2SCCS2)cc1. The first-order valence-corrected chi connectivity index (χ1v) is 12.1. The fraction of sp³-hybridized carbons (Fsp3) is 0.474. The van der Waals surface area contributed by atoms with E-state index in [0.717, 1.165) is 25.3 Å². The van der Waals surface area contributed by atoms with E-state index in [2.05, 4.69) is 32.7 Å². The topological polar surface area (TPSA) is 45.2 Å². The largest absolute Gasteiger partial charge is 0.298 e. The summed E-state index contributed by atoms with van der Waals surface area (Å²) in [5, 5.41) is 5.69. The molecule has 4 nitrogen and oxygen atoms in total. The van der Waals surface area contributed by atoms with Crippen molar-refractivity contribution in [3.8, 4) is 0 Å². The molecule has 0 spiro atoms. The zero-order chi connectivity index (χ0) is 17.8. The molecule has 0 atom stereocenters. The predicted octanol–water partition coefficient (Wildman–Crippen LogP) is 4.86. The summed E-state index contributed by atoms with van der Waals surface area (Å²) in [4.78, 5) is 19.5. The number of hydrogen-bond donors (Lipinski definition) is 1. The average Bonchev–Trinajstić information content (AvgIpc) is 3.35. The van der Waals surface area contributed by atoms with Crippen LogP contribution < -0.4 is 5.32 Å². The first kappa shape index (κ1) is 18.3. The number of benzene rings is 1. The van der Waals surface area contributed by atoms with Crippen LogP contribution in [0.4, 0.5) is 5.13 Å². The van der Waals surface area contributed by atoms with Gasteiger partial charge in [0.25, 0.3) is 5.91 Å². The molecular formula is C19H23N3OS3. The highest BCUT2D eigenvalue weighted by molar-refractivity contribution is 8.19. The summed E-state index contributed by atoms with van der Waals surface area (Å²) in [5.41, 5.74) is 3.04. The molecule has 2 fully saturated rings. The first-order chi connectivity index (χ1) is 12.8. The van der Waals surface area contributed by atoms with Gasteiger partial charge in [0.15, 0.2) is 5.13 Å². The average molecular weight is 406 g/mol. The summed E-state index contributed by atoms with van der Waals surface area (Å²) in [6, 6.07) is 8.00. The number of hydrogen-bond acceptors (Lipinski definition) is 6. The molecule has 26 heavy (non-hydrogen) atoms. The van der Waals surface area contributed by atoms with Crippen molar-refractivity contribution in [2.45, 2.75) is 30.4 Å². The highest BCUT2D eigenvalue weighted by atomic mass is 32.2. The van der Waals surface area contributed by atoms with E-state index in [-0.39, 0.29) is 5.91 Å². The Morgan fingerprint density at radius 2 is 1.85 bits per heavy atom. The Balaban J connectivity index is 1.34. The van der Waals surface area contributed by atoms with Gasteiger partial charge >= 0.3 is 0 Å². The molecule has 0 bridgehead atoms. The van der Waals surface area contributed by atoms with E-state index in [1.165, 1.54) is 47.7 Å². The Morgan fingerprint density at radius 1 is 1.12 bits per heavy atom. The molecule has 2 aliphatic heterocycles. The van der Waals surface area contributed by atoms with Crippen molar-refractivity contribution in [2.24, 2.45) is 0 Å². The number of amides is 1. The van der Waals surface area contributed by atoms with Gasteiger partial charge < -0.3 is 0 Å². The van der Waals surface area contributed by atoms with Crippen LogP contribution in [0.3, 0.4) is 0 Å². The van der Waals surface area contributed by atoms with E-state index in [9.17, 15) is 4.79 Å². The van der Waals surface area contributed by atoms with Gasteiger partial charge in [0, 0.05) is 29.0 Å². The molecule has 1 aromatic carbocycles. The van der Waals surface area contributed by atoms with Gasteiger partial charge in [0.2, 0.25) is 0 Å². The summed E-state index contributed by atoms with van der Waals surface area (Å²) < 4.78 is 0.517. The third-order valence-electron chi connectivity index (χ3n) is 4.67. The van der Waals surface area contributed by atoms with E-state index in [1.807, 2.05) is 35.7 Å². The van der Waals surface area contributed by atoms with Crippen molar-refractivity contribution < 1.29 is 4.79 Å². The van der Waals surface area contributed by atoms with E-state index in [4.69, 9.17) is 0 Å². The van der Waals surface area contributed by atoms with Crippen molar-refractivity contribution in [3.05, 3.63) is 46.5 Å². The van der Waals surface area contributed by atoms with Gasteiger partial charge in [0.1, 0.15) is 0 Å². The van der Waals surface area contributed by atoms with Crippen molar-refractivity contribution in [1.29, 1.82) is 0 Å². The number of carbonyl (C=O) groups is 1. The number of anilines is 1. The minimum absolute atomic E-state index is 0.0813. The van der Waals surface area contributed by atoms with Crippen LogP contribution in [0.1, 0.15) is 45.5 Å². The van der Waals surface area contributed by atoms with Gasteiger partial charge in [-0.2, -0.15) is 0 Å². The third-order valence-corrected chi connectivity index (χ3v) is 8.58. The Kier molecular flexibility index (Phi) is 6.20. The van der Waals surface area contributed by atoms with Crippen molar-refractivity contribution in [3.63, 3.8) is 0 Å². The monoisotopic (exact) mass is 405 g/mol. The minimum Gasteiger partial charge on any atom is -0.298 e. The maximum absolute atomic E-state index is 12.5. The van der Waals surface area contributed by atoms with E-state index < -0.39 is 0 Å². The lowest BCUT2D eigenvalue weighted by atomic mass is 10.1. The van der Waals surface area contributed by atoms with Crippen molar-refractivity contribution >= 4 is 45.9 Å². The molecule has 1 amide bonds. The minimum atomic E-state index is -0.0813. The lowest BCUT2D eigenvalue weighted by molar-refractivity contribution is 0.102. The fourth-order valence-corrected chi connectivity index (χ4v) is 6.85. The Labute approximate surface area is 167 Å². The molecule has 3 heterocycles. The highest BCUT2D eigenvalue weighted by Crippen LogP contribution is 2.45. The maximum atomic E-state index is 12.5. The van der Waals surface area contributed by atoms with Gasteiger partial charge in [-0.05, 0) is 43.6 Å². The van der Waals surface area contributed by atoms with Crippen LogP contribution in [0, 0.1) is 0 Å². The number of thiazole rings is 1. The van der Waals surface area contributed by atoms with Crippen LogP contribution in [0.5, 0.6) is 0 Å². The van der Waals surface area contributed by atoms with Gasteiger partial charge in [-0.1, -0.05) is 18.6 Å². The number of nitrogens with one attached hydrogen (secondary N) is 1. The molecule has 2 saturated heterocycles. The lowest BCUT2D eigenvalue weighted by Gasteiger charge is -2.25. The molecule has 0 radical (unpaired) electrons. The molecule has 1 N–H and O–H groups in total. The smallest absolute Gasteiger partial charge is 0.257 e. The Hall–Kier alpha value is -1.02. The standard InChI is InChI=1S/C19H23N3OS3/c23-17(14-4-6-15(7-5-14)18-24-10-11-25-18)21-19-20-16(13-26-19)12-22-8-2-1-3-9-22/h4-7,13,18H,1-3,8-12H2,(H,20,21,23). The van der Waals surface area contributed by atoms with Crippen LogP contribution in [0.25, 0.3) is 0 Å². The number of carbonyl (C=O) groups excluding carboxylic acids is 1. The van der Waals surface area contributed by atoms with Crippen LogP contribution in [0.15, 0.2) is 29.6 Å². The fourth-order valence-electron chi connectivity index (χ4n) is 3.30. The zero-order valence-electron chi connectivity index (χ0n) is 14.6. The molecule has 2 aromatic rings. The molecular weight excluding hydrogens is 382 g/mol. The molecule has 7 heteroatoms. The highest BCUT2D eigenvalue weighted by Gasteiger charge is 2.19. The second-order valence-electron chi connectivity index (χ2n) is 6.63. The summed E-state index contributed by atoms with van der Waals surface area (Å²) in [7, 11) is 0. The number of nitrogens with zero attached hydrogens (tertiary/aromatic N) is 2. The van der Waals surface area contributed by atoms with E-state index in [0.29, 0.717) is 15.3 Å². The van der Waals surface area contributed by atoms with Crippen LogP contribution in [-0.4, -0.2) is 40.4 Å². The van der Waals surface area contributed by atoms with Crippen LogP contribution >= 0.6 is 34.9 Å². The van der Waals surface area contributed by atoms with E-state index in [1.54, 1.807) is 0 Å². The molecule has 0 saturated carbocycles. The summed E-state index contributed by atoms with van der Waals surface area (Å²) in [6.07, 6.45) is 3.90. The van der Waals surface area contributed by atoms with Crippen molar-refractivity contribution in [1.82, 2.24) is 9.88 Å². The van der Waals surface area contributed by atoms with Crippen LogP contribution in [-0.2, 0) is 6.54 Å². The molecule has 4 rings (SSSR count). The molecule has 138 valence electrons. The first-order valence-electron chi connectivity index (χ1n) is 9.09. The zero-order valence-corrected chi connectivity index (χ0v) is 17.1. The Morgan fingerprint density at radius 3 is 2.58 bits per heavy atom. The normalized spacial score (nSPS) is 18.9. The summed E-state index contributed by atoms with van der Waals surface area (Å²) >= 11 is 5.47. The summed E-state index contributed by atoms with van der Waals surface area (Å²) in [6.45, 7) is 3.20. The third kappa shape index (κ3) is 4.63. The van der Waals surface area contributed by atoms with Crippen LogP contribution in [0.2, 0.25) is 0 Å². The maximum Gasteiger partial charge on any atom is 0.257 e.